The summed E-state index contributed by atoms with van der Waals surface area (Å²) in [6, 6.07) is 16.0. The van der Waals surface area contributed by atoms with Crippen molar-refractivity contribution in [2.24, 2.45) is 5.92 Å². The van der Waals surface area contributed by atoms with Crippen LogP contribution in [0.4, 0.5) is 17.1 Å². The number of fused-ring (bicyclic) bond motifs is 2. The number of hydrogen-bond donors (Lipinski definition) is 1. The lowest BCUT2D eigenvalue weighted by Crippen LogP contribution is -2.33. The number of thiazole rings is 1. The van der Waals surface area contributed by atoms with Crippen LogP contribution in [0, 0.1) is 23.0 Å². The van der Waals surface area contributed by atoms with Gasteiger partial charge in [0, 0.05) is 41.0 Å². The van der Waals surface area contributed by atoms with Crippen LogP contribution in [0.5, 0.6) is 0 Å². The molecule has 1 fully saturated rings. The number of anilines is 2. The van der Waals surface area contributed by atoms with Crippen LogP contribution in [0.15, 0.2) is 82.9 Å². The Kier molecular flexibility index (Phi) is 6.75. The van der Waals surface area contributed by atoms with E-state index in [1.807, 2.05) is 19.1 Å². The summed E-state index contributed by atoms with van der Waals surface area (Å²) in [6.45, 7) is 1.60. The van der Waals surface area contributed by atoms with Gasteiger partial charge in [-0.2, -0.15) is 0 Å². The molecule has 2 aliphatic heterocycles. The fraction of sp³-hybridized carbons (Fsp3) is 0.179. The number of nitro benzene ring substituents is 1. The van der Waals surface area contributed by atoms with Crippen molar-refractivity contribution in [3.8, 4) is 0 Å². The SMILES string of the molecule is Cc1ccccc1NC(=O)Cn1c2c(sc1=O)C(c1cccnc1)C1C(=O)N(c3ccc([N+](=O)[O-])cc3)C(=O)C1S2. The Morgan fingerprint density at radius 1 is 1.05 bits per heavy atom. The highest BCUT2D eigenvalue weighted by Gasteiger charge is 2.57. The topological polar surface area (TPSA) is 145 Å². The Bertz CT molecular complexity index is 1770. The summed E-state index contributed by atoms with van der Waals surface area (Å²) in [5, 5.41) is 13.5. The summed E-state index contributed by atoms with van der Waals surface area (Å²) >= 11 is 2.04. The number of aromatic nitrogens is 2. The van der Waals surface area contributed by atoms with E-state index in [1.54, 1.807) is 36.7 Å². The lowest BCUT2D eigenvalue weighted by atomic mass is 9.84. The van der Waals surface area contributed by atoms with Gasteiger partial charge in [0.05, 0.1) is 21.6 Å². The first-order valence-corrected chi connectivity index (χ1v) is 14.2. The molecule has 1 N–H and O–H groups in total. The molecule has 1 saturated heterocycles. The first-order chi connectivity index (χ1) is 19.7. The molecule has 3 unspecified atom stereocenters. The first kappa shape index (κ1) is 26.6. The summed E-state index contributed by atoms with van der Waals surface area (Å²) < 4.78 is 1.35. The van der Waals surface area contributed by atoms with Gasteiger partial charge in [0.2, 0.25) is 17.7 Å². The molecule has 2 aromatic carbocycles. The van der Waals surface area contributed by atoms with Crippen molar-refractivity contribution in [1.29, 1.82) is 0 Å². The molecule has 4 aromatic rings. The van der Waals surface area contributed by atoms with Crippen molar-refractivity contribution in [2.75, 3.05) is 10.2 Å². The Morgan fingerprint density at radius 2 is 1.80 bits per heavy atom. The first-order valence-electron chi connectivity index (χ1n) is 12.5. The van der Waals surface area contributed by atoms with Gasteiger partial charge in [-0.05, 0) is 42.3 Å². The second kappa shape index (κ2) is 10.4. The van der Waals surface area contributed by atoms with Gasteiger partial charge < -0.3 is 5.32 Å². The molecule has 206 valence electrons. The Balaban J connectivity index is 1.39. The van der Waals surface area contributed by atoms with Crippen molar-refractivity contribution in [3.63, 3.8) is 0 Å². The molecule has 0 spiro atoms. The number of pyridine rings is 1. The van der Waals surface area contributed by atoms with E-state index in [4.69, 9.17) is 0 Å². The maximum atomic E-state index is 13.9. The average molecular weight is 588 g/mol. The summed E-state index contributed by atoms with van der Waals surface area (Å²) in [5.41, 5.74) is 2.22. The van der Waals surface area contributed by atoms with E-state index < -0.39 is 39.7 Å². The second-order valence-electron chi connectivity index (χ2n) is 9.60. The number of benzene rings is 2. The molecule has 0 bridgehead atoms. The Hall–Kier alpha value is -4.62. The highest BCUT2D eigenvalue weighted by Crippen LogP contribution is 2.53. The average Bonchev–Trinajstić information content (AvgIpc) is 3.41. The number of nitrogens with zero attached hydrogens (tertiary/aromatic N) is 4. The van der Waals surface area contributed by atoms with Crippen LogP contribution in [-0.2, 0) is 20.9 Å². The van der Waals surface area contributed by atoms with Crippen LogP contribution >= 0.6 is 23.1 Å². The molecule has 0 aliphatic carbocycles. The lowest BCUT2D eigenvalue weighted by molar-refractivity contribution is -0.384. The molecule has 3 amide bonds. The molecule has 4 heterocycles. The molecule has 3 atom stereocenters. The molecule has 11 nitrogen and oxygen atoms in total. The third kappa shape index (κ3) is 4.62. The minimum absolute atomic E-state index is 0.164. The molecular formula is C28H21N5O6S2. The maximum Gasteiger partial charge on any atom is 0.308 e. The van der Waals surface area contributed by atoms with E-state index in [2.05, 4.69) is 10.3 Å². The fourth-order valence-corrected chi connectivity index (χ4v) is 7.97. The van der Waals surface area contributed by atoms with Crippen LogP contribution in [-0.4, -0.2) is 37.4 Å². The third-order valence-electron chi connectivity index (χ3n) is 7.13. The van der Waals surface area contributed by atoms with E-state index in [9.17, 15) is 29.3 Å². The minimum Gasteiger partial charge on any atom is -0.324 e. The van der Waals surface area contributed by atoms with Crippen molar-refractivity contribution in [3.05, 3.63) is 109 Å². The molecule has 2 aliphatic rings. The van der Waals surface area contributed by atoms with Gasteiger partial charge in [0.15, 0.2) is 0 Å². The molecule has 41 heavy (non-hydrogen) atoms. The summed E-state index contributed by atoms with van der Waals surface area (Å²) in [7, 11) is 0. The molecule has 0 radical (unpaired) electrons. The summed E-state index contributed by atoms with van der Waals surface area (Å²) in [6.07, 6.45) is 3.20. The number of thioether (sulfide) groups is 1. The zero-order valence-electron chi connectivity index (χ0n) is 21.4. The van der Waals surface area contributed by atoms with Gasteiger partial charge in [-0.25, -0.2) is 4.90 Å². The van der Waals surface area contributed by atoms with Gasteiger partial charge in [0.1, 0.15) is 11.8 Å². The smallest absolute Gasteiger partial charge is 0.308 e. The van der Waals surface area contributed by atoms with E-state index in [0.29, 0.717) is 21.2 Å². The zero-order chi connectivity index (χ0) is 28.8. The Morgan fingerprint density at radius 3 is 2.49 bits per heavy atom. The van der Waals surface area contributed by atoms with Crippen molar-refractivity contribution < 1.29 is 19.3 Å². The van der Waals surface area contributed by atoms with Crippen LogP contribution < -0.4 is 15.1 Å². The normalized spacial score (nSPS) is 19.5. The van der Waals surface area contributed by atoms with E-state index in [1.165, 1.54) is 28.8 Å². The zero-order valence-corrected chi connectivity index (χ0v) is 23.1. The number of para-hydroxylation sites is 1. The third-order valence-corrected chi connectivity index (χ3v) is 9.74. The fourth-order valence-electron chi connectivity index (χ4n) is 5.20. The number of rotatable bonds is 6. The molecule has 6 rings (SSSR count). The number of aryl methyl sites for hydroxylation is 1. The van der Waals surface area contributed by atoms with Crippen LogP contribution in [0.3, 0.4) is 0 Å². The second-order valence-corrected chi connectivity index (χ2v) is 11.7. The van der Waals surface area contributed by atoms with Gasteiger partial charge in [-0.3, -0.25) is 38.8 Å². The lowest BCUT2D eigenvalue weighted by Gasteiger charge is -2.30. The van der Waals surface area contributed by atoms with Crippen LogP contribution in [0.1, 0.15) is 21.9 Å². The van der Waals surface area contributed by atoms with Crippen molar-refractivity contribution in [1.82, 2.24) is 9.55 Å². The predicted octanol–water partition coefficient (Wildman–Crippen LogP) is 3.96. The molecule has 13 heteroatoms. The number of amides is 3. The van der Waals surface area contributed by atoms with Gasteiger partial charge in [-0.15, -0.1) is 0 Å². The minimum atomic E-state index is -0.880. The number of hydrogen-bond acceptors (Lipinski definition) is 9. The highest BCUT2D eigenvalue weighted by atomic mass is 32.2. The summed E-state index contributed by atoms with van der Waals surface area (Å²) in [4.78, 5) is 69.9. The van der Waals surface area contributed by atoms with Crippen molar-refractivity contribution in [2.45, 2.75) is 29.7 Å². The van der Waals surface area contributed by atoms with Crippen molar-refractivity contribution >= 4 is 57.9 Å². The number of non-ortho nitro benzene ring substituents is 1. The van der Waals surface area contributed by atoms with E-state index in [0.717, 1.165) is 33.6 Å². The van der Waals surface area contributed by atoms with Gasteiger partial charge in [-0.1, -0.05) is 47.4 Å². The number of imide groups is 1. The van der Waals surface area contributed by atoms with Crippen LogP contribution in [0.2, 0.25) is 0 Å². The number of carbonyl (C=O) groups excluding carboxylic acids is 3. The monoisotopic (exact) mass is 587 g/mol. The molecular weight excluding hydrogens is 566 g/mol. The van der Waals surface area contributed by atoms with E-state index in [-0.39, 0.29) is 22.8 Å². The number of nitrogens with one attached hydrogen (secondary N) is 1. The molecule has 2 aromatic heterocycles. The van der Waals surface area contributed by atoms with Gasteiger partial charge in [0.25, 0.3) is 5.69 Å². The highest BCUT2D eigenvalue weighted by molar-refractivity contribution is 8.00. The predicted molar refractivity (Wildman–Crippen MR) is 153 cm³/mol. The molecule has 0 saturated carbocycles. The summed E-state index contributed by atoms with van der Waals surface area (Å²) in [5.74, 6) is -2.85. The Labute approximate surface area is 241 Å². The number of carbonyl (C=O) groups is 3. The van der Waals surface area contributed by atoms with E-state index >= 15 is 0 Å². The standard InChI is InChI=1S/C28H21N5O6S2/c1-15-5-2-3-7-19(15)30-20(34)14-31-27-24(41-28(31)37)21(16-6-4-12-29-13-16)22-23(40-27)26(36)32(25(22)35)17-8-10-18(11-9-17)33(38)39/h2-13,21-23H,14H2,1H3,(H,30,34). The number of nitro groups is 1. The quantitative estimate of drug-likeness (QED) is 0.203. The van der Waals surface area contributed by atoms with Crippen LogP contribution in [0.25, 0.3) is 0 Å². The largest absolute Gasteiger partial charge is 0.324 e. The maximum absolute atomic E-state index is 13.9. The van der Waals surface area contributed by atoms with Gasteiger partial charge >= 0.3 is 4.87 Å².